The largest absolute Gasteiger partial charge is 0.418 e. The number of para-hydroxylation sites is 1. The molecule has 0 aliphatic carbocycles. The number of anilines is 1. The second kappa shape index (κ2) is 4.37. The molecule has 0 spiro atoms. The molecule has 0 atom stereocenters. The van der Waals surface area contributed by atoms with Gasteiger partial charge in [-0.05, 0) is 23.8 Å². The lowest BCUT2D eigenvalue weighted by atomic mass is 10.1. The maximum Gasteiger partial charge on any atom is 0.418 e. The van der Waals surface area contributed by atoms with Crippen molar-refractivity contribution in [2.75, 3.05) is 4.90 Å². The molecule has 2 nitrogen and oxygen atoms in total. The lowest BCUT2D eigenvalue weighted by Gasteiger charge is -2.20. The first-order valence-electron chi connectivity index (χ1n) is 6.04. The molecule has 0 saturated carbocycles. The average Bonchev–Trinajstić information content (AvgIpc) is 2.76. The molecule has 102 valence electrons. The van der Waals surface area contributed by atoms with Gasteiger partial charge in [0.15, 0.2) is 0 Å². The van der Waals surface area contributed by atoms with Gasteiger partial charge >= 0.3 is 6.18 Å². The number of hydrogen-bond donors (Lipinski definition) is 0. The van der Waals surface area contributed by atoms with Gasteiger partial charge in [0.1, 0.15) is 0 Å². The highest BCUT2D eigenvalue weighted by Gasteiger charge is 2.38. The molecule has 0 saturated heterocycles. The number of halogens is 3. The fraction of sp³-hybridized carbons (Fsp3) is 0.133. The Morgan fingerprint density at radius 3 is 2.30 bits per heavy atom. The third-order valence-corrected chi connectivity index (χ3v) is 3.32. The van der Waals surface area contributed by atoms with Crippen LogP contribution in [0.3, 0.4) is 0 Å². The number of benzene rings is 2. The van der Waals surface area contributed by atoms with Crippen molar-refractivity contribution in [3.05, 3.63) is 65.2 Å². The van der Waals surface area contributed by atoms with Crippen LogP contribution < -0.4 is 4.90 Å². The predicted molar refractivity (Wildman–Crippen MR) is 68.4 cm³/mol. The average molecular weight is 277 g/mol. The van der Waals surface area contributed by atoms with Crippen LogP contribution in [0.25, 0.3) is 0 Å². The van der Waals surface area contributed by atoms with E-state index < -0.39 is 17.6 Å². The van der Waals surface area contributed by atoms with Crippen LogP contribution in [0.1, 0.15) is 21.5 Å². The minimum atomic E-state index is -4.48. The van der Waals surface area contributed by atoms with E-state index >= 15 is 0 Å². The Morgan fingerprint density at radius 1 is 0.950 bits per heavy atom. The molecule has 1 amide bonds. The summed E-state index contributed by atoms with van der Waals surface area (Å²) in [6.07, 6.45) is -4.48. The van der Waals surface area contributed by atoms with E-state index in [1.54, 1.807) is 24.3 Å². The summed E-state index contributed by atoms with van der Waals surface area (Å²) in [4.78, 5) is 13.4. The fourth-order valence-corrected chi connectivity index (χ4v) is 2.40. The van der Waals surface area contributed by atoms with E-state index in [2.05, 4.69) is 0 Å². The molecule has 2 aromatic carbocycles. The van der Waals surface area contributed by atoms with Crippen LogP contribution in [0.4, 0.5) is 18.9 Å². The quantitative estimate of drug-likeness (QED) is 0.775. The van der Waals surface area contributed by atoms with Gasteiger partial charge in [0.25, 0.3) is 5.91 Å². The SMILES string of the molecule is O=C1c2ccccc2CN1c1ccccc1C(F)(F)F. The molecule has 3 rings (SSSR count). The highest BCUT2D eigenvalue weighted by Crippen LogP contribution is 2.39. The number of carbonyl (C=O) groups is 1. The third kappa shape index (κ3) is 1.95. The summed E-state index contributed by atoms with van der Waals surface area (Å²) < 4.78 is 39.1. The maximum absolute atomic E-state index is 13.0. The summed E-state index contributed by atoms with van der Waals surface area (Å²) in [7, 11) is 0. The summed E-state index contributed by atoms with van der Waals surface area (Å²) >= 11 is 0. The first kappa shape index (κ1) is 12.7. The summed E-state index contributed by atoms with van der Waals surface area (Å²) in [5.41, 5.74) is 0.321. The van der Waals surface area contributed by atoms with Crippen molar-refractivity contribution in [2.24, 2.45) is 0 Å². The molecular formula is C15H10F3NO. The Balaban J connectivity index is 2.07. The van der Waals surface area contributed by atoms with E-state index in [0.29, 0.717) is 5.56 Å². The third-order valence-electron chi connectivity index (χ3n) is 3.32. The van der Waals surface area contributed by atoms with Gasteiger partial charge in [-0.3, -0.25) is 4.79 Å². The molecule has 5 heteroatoms. The van der Waals surface area contributed by atoms with Crippen LogP contribution in [0, 0.1) is 0 Å². The Hall–Kier alpha value is -2.30. The molecule has 0 unspecified atom stereocenters. The van der Waals surface area contributed by atoms with Gasteiger partial charge in [-0.1, -0.05) is 30.3 Å². The molecule has 1 heterocycles. The summed E-state index contributed by atoms with van der Waals surface area (Å²) in [5, 5.41) is 0. The maximum atomic E-state index is 13.0. The lowest BCUT2D eigenvalue weighted by molar-refractivity contribution is -0.137. The number of amides is 1. The van der Waals surface area contributed by atoms with Crippen LogP contribution in [0.2, 0.25) is 0 Å². The topological polar surface area (TPSA) is 20.3 Å². The van der Waals surface area contributed by atoms with E-state index in [1.165, 1.54) is 23.1 Å². The van der Waals surface area contributed by atoms with Crippen molar-refractivity contribution in [3.8, 4) is 0 Å². The zero-order valence-electron chi connectivity index (χ0n) is 10.3. The first-order valence-corrected chi connectivity index (χ1v) is 6.04. The molecule has 1 aliphatic rings. The molecule has 0 radical (unpaired) electrons. The summed E-state index contributed by atoms with van der Waals surface area (Å²) in [5.74, 6) is -0.391. The fourth-order valence-electron chi connectivity index (χ4n) is 2.40. The molecular weight excluding hydrogens is 267 g/mol. The predicted octanol–water partition coefficient (Wildman–Crippen LogP) is 3.87. The zero-order chi connectivity index (χ0) is 14.3. The number of fused-ring (bicyclic) bond motifs is 1. The zero-order valence-corrected chi connectivity index (χ0v) is 10.3. The van der Waals surface area contributed by atoms with Gasteiger partial charge < -0.3 is 4.90 Å². The highest BCUT2D eigenvalue weighted by atomic mass is 19.4. The Bertz CT molecular complexity index is 679. The molecule has 2 aromatic rings. The van der Waals surface area contributed by atoms with E-state index in [4.69, 9.17) is 0 Å². The number of hydrogen-bond acceptors (Lipinski definition) is 1. The second-order valence-corrected chi connectivity index (χ2v) is 4.56. The van der Waals surface area contributed by atoms with Crippen molar-refractivity contribution >= 4 is 11.6 Å². The molecule has 0 N–H and O–H groups in total. The van der Waals surface area contributed by atoms with Crippen LogP contribution in [0.15, 0.2) is 48.5 Å². The number of alkyl halides is 3. The van der Waals surface area contributed by atoms with Gasteiger partial charge in [-0.15, -0.1) is 0 Å². The second-order valence-electron chi connectivity index (χ2n) is 4.56. The summed E-state index contributed by atoms with van der Waals surface area (Å²) in [6.45, 7) is 0.169. The lowest BCUT2D eigenvalue weighted by Crippen LogP contribution is -2.26. The first-order chi connectivity index (χ1) is 9.48. The smallest absolute Gasteiger partial charge is 0.303 e. The minimum absolute atomic E-state index is 0.0961. The summed E-state index contributed by atoms with van der Waals surface area (Å²) in [6, 6.07) is 12.0. The van der Waals surface area contributed by atoms with E-state index in [0.717, 1.165) is 11.6 Å². The van der Waals surface area contributed by atoms with E-state index in [1.807, 2.05) is 0 Å². The van der Waals surface area contributed by atoms with Crippen LogP contribution in [-0.4, -0.2) is 5.91 Å². The van der Waals surface area contributed by atoms with E-state index in [-0.39, 0.29) is 12.2 Å². The number of nitrogens with zero attached hydrogens (tertiary/aromatic N) is 1. The Kier molecular flexibility index (Phi) is 2.78. The van der Waals surface area contributed by atoms with Crippen molar-refractivity contribution < 1.29 is 18.0 Å². The van der Waals surface area contributed by atoms with E-state index in [9.17, 15) is 18.0 Å². The van der Waals surface area contributed by atoms with Crippen molar-refractivity contribution in [1.29, 1.82) is 0 Å². The molecule has 0 fully saturated rings. The molecule has 0 aromatic heterocycles. The van der Waals surface area contributed by atoms with Crippen molar-refractivity contribution in [2.45, 2.75) is 12.7 Å². The van der Waals surface area contributed by atoms with Crippen LogP contribution in [0.5, 0.6) is 0 Å². The number of carbonyl (C=O) groups excluding carboxylic acids is 1. The monoisotopic (exact) mass is 277 g/mol. The minimum Gasteiger partial charge on any atom is -0.303 e. The van der Waals surface area contributed by atoms with Crippen LogP contribution in [-0.2, 0) is 12.7 Å². The standard InChI is InChI=1S/C15H10F3NO/c16-15(17,18)12-7-3-4-8-13(12)19-9-10-5-1-2-6-11(10)14(19)20/h1-8H,9H2. The molecule has 1 aliphatic heterocycles. The van der Waals surface area contributed by atoms with Crippen molar-refractivity contribution in [3.63, 3.8) is 0 Å². The van der Waals surface area contributed by atoms with Crippen LogP contribution >= 0.6 is 0 Å². The van der Waals surface area contributed by atoms with Gasteiger partial charge in [0.05, 0.1) is 17.8 Å². The van der Waals surface area contributed by atoms with Gasteiger partial charge in [0, 0.05) is 5.56 Å². The molecule has 20 heavy (non-hydrogen) atoms. The highest BCUT2D eigenvalue weighted by molar-refractivity contribution is 6.10. The number of rotatable bonds is 1. The Labute approximate surface area is 113 Å². The van der Waals surface area contributed by atoms with Crippen molar-refractivity contribution in [1.82, 2.24) is 0 Å². The normalized spacial score (nSPS) is 14.6. The molecule has 0 bridgehead atoms. The van der Waals surface area contributed by atoms with Gasteiger partial charge in [-0.25, -0.2) is 0 Å². The van der Waals surface area contributed by atoms with Gasteiger partial charge in [-0.2, -0.15) is 13.2 Å². The Morgan fingerprint density at radius 2 is 1.60 bits per heavy atom. The van der Waals surface area contributed by atoms with Gasteiger partial charge in [0.2, 0.25) is 0 Å².